The molecule has 0 radical (unpaired) electrons. The summed E-state index contributed by atoms with van der Waals surface area (Å²) >= 11 is 0. The number of fused-ring (bicyclic) bond motifs is 1. The van der Waals surface area contributed by atoms with E-state index < -0.39 is 17.3 Å². The van der Waals surface area contributed by atoms with Gasteiger partial charge in [0.1, 0.15) is 17.3 Å². The Labute approximate surface area is 178 Å². The van der Waals surface area contributed by atoms with Crippen LogP contribution in [0.3, 0.4) is 0 Å². The smallest absolute Gasteiger partial charge is 0.354 e. The van der Waals surface area contributed by atoms with Crippen LogP contribution in [0.5, 0.6) is 0 Å². The van der Waals surface area contributed by atoms with Crippen LogP contribution in [0.4, 0.5) is 8.78 Å². The second kappa shape index (κ2) is 8.84. The lowest BCUT2D eigenvalue weighted by Gasteiger charge is -2.15. The largest absolute Gasteiger partial charge is 0.370 e. The minimum Gasteiger partial charge on any atom is -0.370 e. The second-order valence-electron chi connectivity index (χ2n) is 8.39. The summed E-state index contributed by atoms with van der Waals surface area (Å²) in [6.45, 7) is 7.06. The maximum atomic E-state index is 14.6. The van der Waals surface area contributed by atoms with Gasteiger partial charge in [-0.15, -0.1) is 0 Å². The standard InChI is InChI=1S/C21H27F2N7O/c1-21(2,3)17-7-12-11-30(20(31)29-18(12)28-17)13-8-15(22)14(16(23)9-13)10-26-5-4-6-27-19(24)25/h7-9,11,26H,4-6,10H2,1-3H3,(H4,24,25,27)(H,28,29,31). The number of benzene rings is 1. The first-order chi connectivity index (χ1) is 14.6. The van der Waals surface area contributed by atoms with E-state index in [2.05, 4.69) is 20.6 Å². The lowest BCUT2D eigenvalue weighted by molar-refractivity contribution is 0.530. The van der Waals surface area contributed by atoms with Crippen molar-refractivity contribution in [1.82, 2.24) is 25.2 Å². The van der Waals surface area contributed by atoms with Crippen LogP contribution < -0.4 is 22.1 Å². The number of hydrogen-bond donors (Lipinski definition) is 5. The zero-order chi connectivity index (χ0) is 22.8. The number of H-pyrrole nitrogens is 1. The van der Waals surface area contributed by atoms with Crippen molar-refractivity contribution in [2.24, 2.45) is 5.73 Å². The van der Waals surface area contributed by atoms with Crippen molar-refractivity contribution in [3.05, 3.63) is 57.8 Å². The zero-order valence-electron chi connectivity index (χ0n) is 17.8. The normalized spacial score (nSPS) is 11.8. The Hall–Kier alpha value is -3.27. The van der Waals surface area contributed by atoms with Crippen molar-refractivity contribution in [3.63, 3.8) is 0 Å². The van der Waals surface area contributed by atoms with Gasteiger partial charge >= 0.3 is 5.69 Å². The summed E-state index contributed by atoms with van der Waals surface area (Å²) in [5.74, 6) is -1.62. The second-order valence-corrected chi connectivity index (χ2v) is 8.39. The quantitative estimate of drug-likeness (QED) is 0.223. The molecular formula is C21H27F2N7O. The molecule has 0 bridgehead atoms. The molecule has 0 aliphatic rings. The summed E-state index contributed by atoms with van der Waals surface area (Å²) in [4.78, 5) is 19.6. The molecule has 0 saturated carbocycles. The number of halogens is 2. The third kappa shape index (κ3) is 5.26. The Morgan fingerprint density at radius 3 is 2.52 bits per heavy atom. The van der Waals surface area contributed by atoms with Gasteiger partial charge in [-0.3, -0.25) is 9.98 Å². The molecule has 8 nitrogen and oxygen atoms in total. The molecule has 0 aliphatic carbocycles. The number of aromatic amines is 1. The Bertz CT molecular complexity index is 1140. The highest BCUT2D eigenvalue weighted by Crippen LogP contribution is 2.25. The monoisotopic (exact) mass is 431 g/mol. The fraction of sp³-hybridized carbons (Fsp3) is 0.381. The molecule has 0 atom stereocenters. The highest BCUT2D eigenvalue weighted by Gasteiger charge is 2.18. The SMILES string of the molecule is CC(C)(C)c1cc2cn(-c3cc(F)c(CNCCCNC(=N)N)c(F)c3)c(=O)nc2[nH]1. The van der Waals surface area contributed by atoms with Crippen molar-refractivity contribution in [2.45, 2.75) is 39.2 Å². The van der Waals surface area contributed by atoms with Gasteiger partial charge < -0.3 is 21.4 Å². The van der Waals surface area contributed by atoms with Crippen LogP contribution >= 0.6 is 0 Å². The topological polar surface area (TPSA) is 125 Å². The molecule has 0 aliphatic heterocycles. The van der Waals surface area contributed by atoms with Gasteiger partial charge in [-0.1, -0.05) is 20.8 Å². The molecule has 3 rings (SSSR count). The van der Waals surface area contributed by atoms with Crippen LogP contribution in [0.15, 0.2) is 29.2 Å². The van der Waals surface area contributed by atoms with E-state index in [1.54, 1.807) is 0 Å². The third-order valence-electron chi connectivity index (χ3n) is 4.87. The minimum absolute atomic E-state index is 0.00302. The summed E-state index contributed by atoms with van der Waals surface area (Å²) < 4.78 is 30.3. The summed E-state index contributed by atoms with van der Waals surface area (Å²) in [7, 11) is 0. The van der Waals surface area contributed by atoms with Crippen LogP contribution in [-0.4, -0.2) is 33.6 Å². The maximum Gasteiger partial charge on any atom is 0.354 e. The van der Waals surface area contributed by atoms with Gasteiger partial charge in [0.25, 0.3) is 0 Å². The highest BCUT2D eigenvalue weighted by molar-refractivity contribution is 5.76. The first-order valence-electron chi connectivity index (χ1n) is 9.96. The van der Waals surface area contributed by atoms with Gasteiger partial charge in [-0.25, -0.2) is 13.6 Å². The summed E-state index contributed by atoms with van der Waals surface area (Å²) in [6, 6.07) is 4.14. The van der Waals surface area contributed by atoms with Gasteiger partial charge in [0.15, 0.2) is 5.96 Å². The first-order valence-corrected chi connectivity index (χ1v) is 9.96. The van der Waals surface area contributed by atoms with Crippen molar-refractivity contribution in [3.8, 4) is 5.69 Å². The first kappa shape index (κ1) is 22.4. The maximum absolute atomic E-state index is 14.6. The molecule has 10 heteroatoms. The number of guanidine groups is 1. The van der Waals surface area contributed by atoms with Crippen molar-refractivity contribution < 1.29 is 8.78 Å². The molecule has 0 saturated heterocycles. The van der Waals surface area contributed by atoms with E-state index in [1.165, 1.54) is 6.20 Å². The van der Waals surface area contributed by atoms with Gasteiger partial charge in [-0.05, 0) is 31.2 Å². The van der Waals surface area contributed by atoms with Crippen molar-refractivity contribution in [1.29, 1.82) is 5.41 Å². The molecule has 1 aromatic carbocycles. The molecule has 6 N–H and O–H groups in total. The predicted molar refractivity (Wildman–Crippen MR) is 117 cm³/mol. The molecule has 2 heterocycles. The number of nitrogens with zero attached hydrogens (tertiary/aromatic N) is 2. The van der Waals surface area contributed by atoms with Crippen molar-refractivity contribution in [2.75, 3.05) is 13.1 Å². The number of rotatable bonds is 7. The summed E-state index contributed by atoms with van der Waals surface area (Å²) in [6.07, 6.45) is 2.17. The molecule has 0 amide bonds. The summed E-state index contributed by atoms with van der Waals surface area (Å²) in [5.41, 5.74) is 5.70. The van der Waals surface area contributed by atoms with Crippen LogP contribution in [0.1, 0.15) is 38.4 Å². The van der Waals surface area contributed by atoms with E-state index in [1.807, 2.05) is 26.8 Å². The number of nitrogens with two attached hydrogens (primary N) is 1. The molecule has 31 heavy (non-hydrogen) atoms. The van der Waals surface area contributed by atoms with Gasteiger partial charge in [0.05, 0.1) is 5.69 Å². The van der Waals surface area contributed by atoms with Crippen LogP contribution in [0.25, 0.3) is 16.7 Å². The Morgan fingerprint density at radius 1 is 1.23 bits per heavy atom. The van der Waals surface area contributed by atoms with Gasteiger partial charge in [0, 0.05) is 41.3 Å². The van der Waals surface area contributed by atoms with E-state index in [-0.39, 0.29) is 29.2 Å². The lowest BCUT2D eigenvalue weighted by Crippen LogP contribution is -2.32. The third-order valence-corrected chi connectivity index (χ3v) is 4.87. The van der Waals surface area contributed by atoms with E-state index >= 15 is 0 Å². The minimum atomic E-state index is -0.749. The average Bonchev–Trinajstić information content (AvgIpc) is 3.08. The summed E-state index contributed by atoms with van der Waals surface area (Å²) in [5, 5.41) is 13.3. The Kier molecular flexibility index (Phi) is 6.40. The fourth-order valence-corrected chi connectivity index (χ4v) is 3.13. The molecule has 2 aromatic heterocycles. The van der Waals surface area contributed by atoms with E-state index in [0.717, 1.165) is 22.4 Å². The Morgan fingerprint density at radius 2 is 1.90 bits per heavy atom. The number of hydrogen-bond acceptors (Lipinski definition) is 4. The van der Waals surface area contributed by atoms with E-state index in [9.17, 15) is 13.6 Å². The van der Waals surface area contributed by atoms with E-state index in [4.69, 9.17) is 11.1 Å². The molecule has 3 aromatic rings. The fourth-order valence-electron chi connectivity index (χ4n) is 3.13. The van der Waals surface area contributed by atoms with E-state index in [0.29, 0.717) is 30.5 Å². The molecule has 0 unspecified atom stereocenters. The number of aromatic nitrogens is 3. The predicted octanol–water partition coefficient (Wildman–Crippen LogP) is 2.25. The average molecular weight is 431 g/mol. The highest BCUT2D eigenvalue weighted by atomic mass is 19.1. The molecular weight excluding hydrogens is 404 g/mol. The molecule has 0 spiro atoms. The van der Waals surface area contributed by atoms with Gasteiger partial charge in [-0.2, -0.15) is 4.98 Å². The van der Waals surface area contributed by atoms with Crippen molar-refractivity contribution >= 4 is 17.0 Å². The molecule has 0 fully saturated rings. The Balaban J connectivity index is 1.80. The molecule has 166 valence electrons. The zero-order valence-corrected chi connectivity index (χ0v) is 17.8. The lowest BCUT2D eigenvalue weighted by atomic mass is 9.92. The van der Waals surface area contributed by atoms with Crippen LogP contribution in [-0.2, 0) is 12.0 Å². The van der Waals surface area contributed by atoms with Crippen LogP contribution in [0.2, 0.25) is 0 Å². The van der Waals surface area contributed by atoms with Crippen LogP contribution in [0, 0.1) is 17.0 Å². The van der Waals surface area contributed by atoms with Gasteiger partial charge in [0.2, 0.25) is 0 Å². The number of nitrogens with one attached hydrogen (secondary N) is 4.